The average Bonchev–Trinajstić information content (AvgIpc) is 2.84. The number of thiazole rings is 1. The van der Waals surface area contributed by atoms with E-state index in [0.29, 0.717) is 6.61 Å². The van der Waals surface area contributed by atoms with Crippen molar-refractivity contribution in [2.45, 2.75) is 25.7 Å². The molecule has 0 aromatic carbocycles. The number of aromatic nitrogens is 1. The number of carbonyl (C=O) groups excluding carboxylic acids is 1. The summed E-state index contributed by atoms with van der Waals surface area (Å²) in [4.78, 5) is 31.5. The SMILES string of the molecule is C[Si](C)(C)CCON=C(C(=O)O)c1csc(NC(=O)CCl)n1. The standard InChI is InChI=1S/C12H18ClN3O4SSi/c1-22(2,3)5-4-20-16-10(11(18)19)8-7-21-12(14-8)15-9(17)6-13/h7H,4-6H2,1-3H3,(H,18,19)(H,14,15,17). The molecule has 0 spiro atoms. The highest BCUT2D eigenvalue weighted by atomic mass is 35.5. The van der Waals surface area contributed by atoms with E-state index in [0.717, 1.165) is 17.4 Å². The number of hydrogen-bond donors (Lipinski definition) is 2. The first-order valence-electron chi connectivity index (χ1n) is 6.48. The predicted octanol–water partition coefficient (Wildman–Crippen LogP) is 2.46. The Bertz CT molecular complexity index is 571. The van der Waals surface area contributed by atoms with Gasteiger partial charge in [-0.15, -0.1) is 22.9 Å². The minimum absolute atomic E-state index is 0.135. The third-order valence-electron chi connectivity index (χ3n) is 2.42. The van der Waals surface area contributed by atoms with E-state index >= 15 is 0 Å². The molecule has 0 saturated heterocycles. The van der Waals surface area contributed by atoms with E-state index in [9.17, 15) is 14.7 Å². The third kappa shape index (κ3) is 6.54. The molecule has 1 aromatic rings. The van der Waals surface area contributed by atoms with Gasteiger partial charge in [-0.2, -0.15) is 0 Å². The van der Waals surface area contributed by atoms with Crippen LogP contribution in [0.25, 0.3) is 0 Å². The lowest BCUT2D eigenvalue weighted by atomic mass is 10.3. The van der Waals surface area contributed by atoms with Gasteiger partial charge >= 0.3 is 5.97 Å². The van der Waals surface area contributed by atoms with E-state index < -0.39 is 20.0 Å². The van der Waals surface area contributed by atoms with Crippen molar-refractivity contribution in [3.8, 4) is 0 Å². The molecule has 1 amide bonds. The molecule has 0 saturated carbocycles. The Labute approximate surface area is 138 Å². The fourth-order valence-corrected chi connectivity index (χ4v) is 2.73. The Hall–Kier alpha value is -1.45. The first-order chi connectivity index (χ1) is 10.2. The largest absolute Gasteiger partial charge is 0.476 e. The van der Waals surface area contributed by atoms with Crippen LogP contribution < -0.4 is 5.32 Å². The maximum absolute atomic E-state index is 11.2. The number of nitrogens with zero attached hydrogens (tertiary/aromatic N) is 2. The molecular formula is C12H18ClN3O4SSi. The van der Waals surface area contributed by atoms with Gasteiger partial charge in [-0.3, -0.25) is 4.79 Å². The van der Waals surface area contributed by atoms with Gasteiger partial charge in [0.25, 0.3) is 0 Å². The quantitative estimate of drug-likeness (QED) is 0.243. The van der Waals surface area contributed by atoms with Crippen molar-refractivity contribution < 1.29 is 19.5 Å². The summed E-state index contributed by atoms with van der Waals surface area (Å²) in [5.41, 5.74) is -0.159. The zero-order valence-electron chi connectivity index (χ0n) is 12.6. The van der Waals surface area contributed by atoms with E-state index in [1.807, 2.05) is 0 Å². The number of rotatable bonds is 8. The number of aliphatic carboxylic acids is 1. The molecule has 122 valence electrons. The van der Waals surface area contributed by atoms with Crippen LogP contribution in [0.2, 0.25) is 25.7 Å². The topological polar surface area (TPSA) is 101 Å². The fraction of sp³-hybridized carbons (Fsp3) is 0.500. The fourth-order valence-electron chi connectivity index (χ4n) is 1.25. The number of oxime groups is 1. The minimum Gasteiger partial charge on any atom is -0.476 e. The maximum Gasteiger partial charge on any atom is 0.360 e. The van der Waals surface area contributed by atoms with Crippen molar-refractivity contribution in [3.63, 3.8) is 0 Å². The molecule has 10 heteroatoms. The molecule has 0 atom stereocenters. The molecule has 0 aliphatic rings. The van der Waals surface area contributed by atoms with Crippen molar-refractivity contribution in [2.24, 2.45) is 5.16 Å². The van der Waals surface area contributed by atoms with E-state index in [1.165, 1.54) is 5.38 Å². The second-order valence-corrected chi connectivity index (χ2v) is 12.4. The van der Waals surface area contributed by atoms with E-state index in [-0.39, 0.29) is 22.4 Å². The summed E-state index contributed by atoms with van der Waals surface area (Å²) in [7, 11) is -1.27. The minimum atomic E-state index is -1.27. The van der Waals surface area contributed by atoms with Crippen molar-refractivity contribution in [1.29, 1.82) is 0 Å². The number of anilines is 1. The number of alkyl halides is 1. The molecule has 22 heavy (non-hydrogen) atoms. The van der Waals surface area contributed by atoms with Gasteiger partial charge in [0.15, 0.2) is 5.13 Å². The summed E-state index contributed by atoms with van der Waals surface area (Å²) < 4.78 is 0. The Morgan fingerprint density at radius 1 is 1.50 bits per heavy atom. The normalized spacial score (nSPS) is 12.1. The highest BCUT2D eigenvalue weighted by molar-refractivity contribution is 7.14. The second-order valence-electron chi connectivity index (χ2n) is 5.61. The highest BCUT2D eigenvalue weighted by Crippen LogP contribution is 2.16. The molecule has 0 unspecified atom stereocenters. The number of amides is 1. The first kappa shape index (κ1) is 18.6. The van der Waals surface area contributed by atoms with Crippen molar-refractivity contribution >= 4 is 53.7 Å². The van der Waals surface area contributed by atoms with Crippen LogP contribution in [-0.2, 0) is 14.4 Å². The maximum atomic E-state index is 11.2. The van der Waals surface area contributed by atoms with Gasteiger partial charge in [-0.05, 0) is 6.04 Å². The molecule has 0 radical (unpaired) electrons. The Morgan fingerprint density at radius 3 is 2.73 bits per heavy atom. The predicted molar refractivity (Wildman–Crippen MR) is 89.7 cm³/mol. The molecule has 0 aliphatic carbocycles. The van der Waals surface area contributed by atoms with Crippen LogP contribution in [0.4, 0.5) is 5.13 Å². The number of halogens is 1. The van der Waals surface area contributed by atoms with Gasteiger partial charge < -0.3 is 15.3 Å². The molecule has 0 fully saturated rings. The van der Waals surface area contributed by atoms with E-state index in [2.05, 4.69) is 35.1 Å². The third-order valence-corrected chi connectivity index (χ3v) is 5.12. The zero-order valence-corrected chi connectivity index (χ0v) is 15.1. The van der Waals surface area contributed by atoms with Crippen LogP contribution in [0.3, 0.4) is 0 Å². The van der Waals surface area contributed by atoms with Crippen LogP contribution in [-0.4, -0.2) is 48.2 Å². The number of nitrogens with one attached hydrogen (secondary N) is 1. The second kappa shape index (κ2) is 8.25. The van der Waals surface area contributed by atoms with Crippen LogP contribution >= 0.6 is 22.9 Å². The number of carboxylic acids is 1. The molecule has 0 aliphatic heterocycles. The van der Waals surface area contributed by atoms with Crippen LogP contribution in [0.15, 0.2) is 10.5 Å². The summed E-state index contributed by atoms with van der Waals surface area (Å²) in [6, 6.07) is 0.873. The Morgan fingerprint density at radius 2 is 2.18 bits per heavy atom. The summed E-state index contributed by atoms with van der Waals surface area (Å²) in [6.07, 6.45) is 0. The van der Waals surface area contributed by atoms with E-state index in [4.69, 9.17) is 16.4 Å². The van der Waals surface area contributed by atoms with Gasteiger partial charge in [0, 0.05) is 13.5 Å². The monoisotopic (exact) mass is 363 g/mol. The van der Waals surface area contributed by atoms with Gasteiger partial charge in [-0.25, -0.2) is 9.78 Å². The van der Waals surface area contributed by atoms with Crippen molar-refractivity contribution in [1.82, 2.24) is 4.98 Å². The molecule has 1 aromatic heterocycles. The molecular weight excluding hydrogens is 346 g/mol. The summed E-state index contributed by atoms with van der Waals surface area (Å²) >= 11 is 6.46. The highest BCUT2D eigenvalue weighted by Gasteiger charge is 2.19. The molecule has 7 nitrogen and oxygen atoms in total. The average molecular weight is 364 g/mol. The zero-order chi connectivity index (χ0) is 16.8. The lowest BCUT2D eigenvalue weighted by Crippen LogP contribution is -2.22. The first-order valence-corrected chi connectivity index (χ1v) is 11.6. The van der Waals surface area contributed by atoms with Crippen LogP contribution in [0.1, 0.15) is 5.69 Å². The number of carbonyl (C=O) groups is 2. The number of carboxylic acid groups (broad SMARTS) is 1. The van der Waals surface area contributed by atoms with Crippen LogP contribution in [0.5, 0.6) is 0 Å². The molecule has 1 heterocycles. The van der Waals surface area contributed by atoms with Crippen molar-refractivity contribution in [2.75, 3.05) is 17.8 Å². The summed E-state index contributed by atoms with van der Waals surface area (Å²) in [6.45, 7) is 6.92. The van der Waals surface area contributed by atoms with Gasteiger partial charge in [0.05, 0.1) is 0 Å². The summed E-state index contributed by atoms with van der Waals surface area (Å²) in [5, 5.41) is 17.0. The van der Waals surface area contributed by atoms with E-state index in [1.54, 1.807) is 0 Å². The smallest absolute Gasteiger partial charge is 0.360 e. The lowest BCUT2D eigenvalue weighted by Gasteiger charge is -2.13. The molecule has 2 N–H and O–H groups in total. The molecule has 0 bridgehead atoms. The summed E-state index contributed by atoms with van der Waals surface area (Å²) in [5.74, 6) is -1.86. The Balaban J connectivity index is 2.75. The molecule has 1 rings (SSSR count). The van der Waals surface area contributed by atoms with Gasteiger partial charge in [-0.1, -0.05) is 24.8 Å². The van der Waals surface area contributed by atoms with Crippen molar-refractivity contribution in [3.05, 3.63) is 11.1 Å². The van der Waals surface area contributed by atoms with Crippen LogP contribution in [0, 0.1) is 0 Å². The van der Waals surface area contributed by atoms with Gasteiger partial charge in [0.2, 0.25) is 11.6 Å². The lowest BCUT2D eigenvalue weighted by molar-refractivity contribution is -0.129. The van der Waals surface area contributed by atoms with Gasteiger partial charge in [0.1, 0.15) is 18.2 Å². The Kier molecular flexibility index (Phi) is 6.97. The number of hydrogen-bond acceptors (Lipinski definition) is 6.